The fourth-order valence-electron chi connectivity index (χ4n) is 3.75. The van der Waals surface area contributed by atoms with Crippen LogP contribution in [0.25, 0.3) is 0 Å². The minimum Gasteiger partial charge on any atom is -0.493 e. The smallest absolute Gasteiger partial charge is 0.261 e. The molecule has 0 radical (unpaired) electrons. The van der Waals surface area contributed by atoms with Gasteiger partial charge in [0.2, 0.25) is 5.91 Å². The van der Waals surface area contributed by atoms with Crippen molar-refractivity contribution in [3.63, 3.8) is 0 Å². The third kappa shape index (κ3) is 7.88. The molecule has 6 heteroatoms. The number of hydrogen-bond donors (Lipinski definition) is 1. The molecule has 35 heavy (non-hydrogen) atoms. The highest BCUT2D eigenvalue weighted by molar-refractivity contribution is 5.89. The molecule has 0 spiro atoms. The van der Waals surface area contributed by atoms with Gasteiger partial charge in [0.1, 0.15) is 6.04 Å². The van der Waals surface area contributed by atoms with Crippen LogP contribution in [0.1, 0.15) is 31.9 Å². The lowest BCUT2D eigenvalue weighted by atomic mass is 10.0. The van der Waals surface area contributed by atoms with E-state index in [0.717, 1.165) is 11.1 Å². The zero-order valence-electron chi connectivity index (χ0n) is 20.9. The Morgan fingerprint density at radius 1 is 0.829 bits per heavy atom. The molecule has 3 aromatic rings. The second-order valence-corrected chi connectivity index (χ2v) is 9.39. The first-order valence-corrected chi connectivity index (χ1v) is 11.7. The number of hydrogen-bond acceptors (Lipinski definition) is 4. The van der Waals surface area contributed by atoms with Crippen LogP contribution in [0.3, 0.4) is 0 Å². The number of nitrogens with one attached hydrogen (secondary N) is 1. The zero-order valence-corrected chi connectivity index (χ0v) is 20.9. The summed E-state index contributed by atoms with van der Waals surface area (Å²) in [6, 6.07) is 25.9. The summed E-state index contributed by atoms with van der Waals surface area (Å²) in [6.45, 7) is 5.85. The highest BCUT2D eigenvalue weighted by Crippen LogP contribution is 2.26. The van der Waals surface area contributed by atoms with Crippen LogP contribution in [0.15, 0.2) is 84.9 Å². The van der Waals surface area contributed by atoms with E-state index in [2.05, 4.69) is 5.32 Å². The number of benzene rings is 3. The molecular weight excluding hydrogens is 440 g/mol. The highest BCUT2D eigenvalue weighted by atomic mass is 16.5. The molecule has 1 atom stereocenters. The van der Waals surface area contributed by atoms with E-state index < -0.39 is 11.6 Å². The highest BCUT2D eigenvalue weighted by Gasteiger charge is 2.32. The van der Waals surface area contributed by atoms with Crippen molar-refractivity contribution in [2.45, 2.75) is 45.3 Å². The summed E-state index contributed by atoms with van der Waals surface area (Å²) in [5.41, 5.74) is 1.46. The molecule has 184 valence electrons. The van der Waals surface area contributed by atoms with Crippen LogP contribution in [0.4, 0.5) is 0 Å². The Bertz CT molecular complexity index is 1090. The molecule has 0 saturated carbocycles. The summed E-state index contributed by atoms with van der Waals surface area (Å²) in [4.78, 5) is 28.7. The molecular formula is C29H34N2O4. The van der Waals surface area contributed by atoms with E-state index in [4.69, 9.17) is 9.47 Å². The maximum Gasteiger partial charge on any atom is 0.261 e. The summed E-state index contributed by atoms with van der Waals surface area (Å²) in [6.07, 6.45) is 0.385. The van der Waals surface area contributed by atoms with Gasteiger partial charge in [-0.1, -0.05) is 72.8 Å². The fourth-order valence-corrected chi connectivity index (χ4v) is 3.75. The van der Waals surface area contributed by atoms with Gasteiger partial charge < -0.3 is 19.7 Å². The SMILES string of the molecule is COc1ccccc1OCC(=O)N(Cc1ccccc1)[C@@H](Cc1ccccc1)C(=O)NC(C)(C)C. The number of methoxy groups -OCH3 is 1. The van der Waals surface area contributed by atoms with E-state index in [0.29, 0.717) is 17.9 Å². The van der Waals surface area contributed by atoms with E-state index >= 15 is 0 Å². The molecule has 0 bridgehead atoms. The number of ether oxygens (including phenoxy) is 2. The van der Waals surface area contributed by atoms with Crippen LogP contribution < -0.4 is 14.8 Å². The van der Waals surface area contributed by atoms with Gasteiger partial charge in [0.15, 0.2) is 18.1 Å². The van der Waals surface area contributed by atoms with Crippen molar-refractivity contribution in [2.75, 3.05) is 13.7 Å². The molecule has 0 aromatic heterocycles. The molecule has 3 rings (SSSR count). The van der Waals surface area contributed by atoms with Crippen molar-refractivity contribution in [2.24, 2.45) is 0 Å². The molecule has 2 amide bonds. The maximum absolute atomic E-state index is 13.6. The van der Waals surface area contributed by atoms with Crippen LogP contribution in [-0.2, 0) is 22.6 Å². The molecule has 0 saturated heterocycles. The van der Waals surface area contributed by atoms with E-state index in [-0.39, 0.29) is 25.0 Å². The van der Waals surface area contributed by atoms with Gasteiger partial charge in [-0.2, -0.15) is 0 Å². The predicted molar refractivity (Wildman–Crippen MR) is 137 cm³/mol. The predicted octanol–water partition coefficient (Wildman–Crippen LogP) is 4.63. The van der Waals surface area contributed by atoms with E-state index in [1.54, 1.807) is 24.1 Å². The van der Waals surface area contributed by atoms with E-state index in [1.165, 1.54) is 0 Å². The molecule has 0 unspecified atom stereocenters. The number of para-hydroxylation sites is 2. The average Bonchev–Trinajstić information content (AvgIpc) is 2.85. The Labute approximate surface area is 207 Å². The lowest BCUT2D eigenvalue weighted by Crippen LogP contribution is -2.55. The molecule has 0 heterocycles. The summed E-state index contributed by atoms with van der Waals surface area (Å²) in [7, 11) is 1.55. The van der Waals surface area contributed by atoms with Crippen molar-refractivity contribution in [3.05, 3.63) is 96.1 Å². The fraction of sp³-hybridized carbons (Fsp3) is 0.310. The van der Waals surface area contributed by atoms with Crippen molar-refractivity contribution in [3.8, 4) is 11.5 Å². The van der Waals surface area contributed by atoms with Gasteiger partial charge in [0.25, 0.3) is 5.91 Å². The lowest BCUT2D eigenvalue weighted by Gasteiger charge is -2.33. The van der Waals surface area contributed by atoms with Gasteiger partial charge in [0, 0.05) is 18.5 Å². The first kappa shape index (κ1) is 25.8. The molecule has 0 fully saturated rings. The van der Waals surface area contributed by atoms with Gasteiger partial charge in [-0.15, -0.1) is 0 Å². The Morgan fingerprint density at radius 2 is 1.37 bits per heavy atom. The maximum atomic E-state index is 13.6. The van der Waals surface area contributed by atoms with Crippen molar-refractivity contribution in [1.29, 1.82) is 0 Å². The quantitative estimate of drug-likeness (QED) is 0.465. The Morgan fingerprint density at radius 3 is 1.94 bits per heavy atom. The molecule has 6 nitrogen and oxygen atoms in total. The second-order valence-electron chi connectivity index (χ2n) is 9.39. The Hall–Kier alpha value is -3.80. The minimum atomic E-state index is -0.717. The Balaban J connectivity index is 1.92. The summed E-state index contributed by atoms with van der Waals surface area (Å²) < 4.78 is 11.2. The number of carbonyl (C=O) groups excluding carboxylic acids is 2. The molecule has 3 aromatic carbocycles. The van der Waals surface area contributed by atoms with Gasteiger partial charge in [0.05, 0.1) is 7.11 Å². The van der Waals surface area contributed by atoms with E-state index in [1.807, 2.05) is 93.6 Å². The normalized spacial score (nSPS) is 11.9. The standard InChI is InChI=1S/C29H34N2O4/c1-29(2,3)30-28(33)24(19-22-13-7-5-8-14-22)31(20-23-15-9-6-10-16-23)27(32)21-35-26-18-12-11-17-25(26)34-4/h5-18,24H,19-21H2,1-4H3,(H,30,33)/t24-/m0/s1. The summed E-state index contributed by atoms with van der Waals surface area (Å²) in [5, 5.41) is 3.06. The monoisotopic (exact) mass is 474 g/mol. The molecule has 0 aliphatic carbocycles. The minimum absolute atomic E-state index is 0.206. The van der Waals surface area contributed by atoms with Gasteiger partial charge >= 0.3 is 0 Å². The average molecular weight is 475 g/mol. The number of rotatable bonds is 10. The number of nitrogens with zero attached hydrogens (tertiary/aromatic N) is 1. The third-order valence-electron chi connectivity index (χ3n) is 5.39. The van der Waals surface area contributed by atoms with E-state index in [9.17, 15) is 9.59 Å². The lowest BCUT2D eigenvalue weighted by molar-refractivity contribution is -0.143. The first-order valence-electron chi connectivity index (χ1n) is 11.7. The van der Waals surface area contributed by atoms with Gasteiger partial charge in [-0.3, -0.25) is 9.59 Å². The topological polar surface area (TPSA) is 67.9 Å². The Kier molecular flexibility index (Phi) is 8.90. The largest absolute Gasteiger partial charge is 0.493 e. The summed E-state index contributed by atoms with van der Waals surface area (Å²) >= 11 is 0. The van der Waals surface area contributed by atoms with Crippen molar-refractivity contribution >= 4 is 11.8 Å². The van der Waals surface area contributed by atoms with Crippen LogP contribution >= 0.6 is 0 Å². The second kappa shape index (κ2) is 12.1. The van der Waals surface area contributed by atoms with Crippen molar-refractivity contribution in [1.82, 2.24) is 10.2 Å². The summed E-state index contributed by atoms with van der Waals surface area (Å²) in [5.74, 6) is 0.524. The van der Waals surface area contributed by atoms with Crippen LogP contribution in [0, 0.1) is 0 Å². The third-order valence-corrected chi connectivity index (χ3v) is 5.39. The van der Waals surface area contributed by atoms with Gasteiger partial charge in [-0.05, 0) is 44.0 Å². The van der Waals surface area contributed by atoms with Crippen LogP contribution in [0.2, 0.25) is 0 Å². The molecule has 1 N–H and O–H groups in total. The van der Waals surface area contributed by atoms with Crippen LogP contribution in [-0.4, -0.2) is 42.0 Å². The first-order chi connectivity index (χ1) is 16.8. The molecule has 0 aliphatic heterocycles. The van der Waals surface area contributed by atoms with Crippen LogP contribution in [0.5, 0.6) is 11.5 Å². The van der Waals surface area contributed by atoms with Crippen molar-refractivity contribution < 1.29 is 19.1 Å². The molecule has 0 aliphatic rings. The number of amides is 2. The number of carbonyl (C=O) groups is 2. The zero-order chi connectivity index (χ0) is 25.3. The van der Waals surface area contributed by atoms with Gasteiger partial charge in [-0.25, -0.2) is 0 Å².